The van der Waals surface area contributed by atoms with E-state index >= 15 is 0 Å². The summed E-state index contributed by atoms with van der Waals surface area (Å²) in [6, 6.07) is 1.71. The molecule has 3 heterocycles. The number of piperidine rings is 1. The lowest BCUT2D eigenvalue weighted by Crippen LogP contribution is -2.48. The molecule has 1 N–H and O–H groups in total. The average molecular weight is 223 g/mol. The Bertz CT molecular complexity index is 225. The maximum Gasteiger partial charge on any atom is 0.0223 e. The van der Waals surface area contributed by atoms with Crippen LogP contribution in [0.2, 0.25) is 0 Å². The number of nitrogens with zero attached hydrogens (tertiary/aromatic N) is 2. The third-order valence-corrected chi connectivity index (χ3v) is 4.62. The van der Waals surface area contributed by atoms with Gasteiger partial charge in [-0.25, -0.2) is 0 Å². The molecule has 3 fully saturated rings. The summed E-state index contributed by atoms with van der Waals surface area (Å²) in [6.45, 7) is 7.85. The van der Waals surface area contributed by atoms with Crippen molar-refractivity contribution in [3.63, 3.8) is 0 Å². The summed E-state index contributed by atoms with van der Waals surface area (Å²) in [5.41, 5.74) is 0. The first-order chi connectivity index (χ1) is 7.93. The van der Waals surface area contributed by atoms with Crippen molar-refractivity contribution >= 4 is 0 Å². The van der Waals surface area contributed by atoms with Crippen molar-refractivity contribution < 1.29 is 0 Å². The largest absolute Gasteiger partial charge is 0.315 e. The predicted molar refractivity (Wildman–Crippen MR) is 66.7 cm³/mol. The van der Waals surface area contributed by atoms with E-state index in [-0.39, 0.29) is 0 Å². The molecule has 0 aromatic heterocycles. The molecule has 0 radical (unpaired) electrons. The minimum Gasteiger partial charge on any atom is -0.315 e. The Morgan fingerprint density at radius 3 is 2.50 bits per heavy atom. The van der Waals surface area contributed by atoms with E-state index in [1.165, 1.54) is 71.4 Å². The van der Waals surface area contributed by atoms with Gasteiger partial charge in [0.05, 0.1) is 0 Å². The van der Waals surface area contributed by atoms with Gasteiger partial charge in [-0.2, -0.15) is 0 Å². The minimum absolute atomic E-state index is 0.828. The van der Waals surface area contributed by atoms with Crippen LogP contribution in [0.4, 0.5) is 0 Å². The van der Waals surface area contributed by atoms with Gasteiger partial charge in [-0.3, -0.25) is 9.80 Å². The number of hydrogen-bond donors (Lipinski definition) is 1. The van der Waals surface area contributed by atoms with Gasteiger partial charge in [0.1, 0.15) is 0 Å². The molecule has 16 heavy (non-hydrogen) atoms. The molecule has 3 nitrogen and oxygen atoms in total. The van der Waals surface area contributed by atoms with Crippen molar-refractivity contribution in [1.29, 1.82) is 0 Å². The summed E-state index contributed by atoms with van der Waals surface area (Å²) in [4.78, 5) is 5.51. The molecular weight excluding hydrogens is 198 g/mol. The SMILES string of the molecule is C1CNCC(N2CCCN3CCCC3C2)C1. The topological polar surface area (TPSA) is 18.5 Å². The van der Waals surface area contributed by atoms with Crippen LogP contribution in [0.15, 0.2) is 0 Å². The second kappa shape index (κ2) is 5.03. The zero-order valence-electron chi connectivity index (χ0n) is 10.3. The van der Waals surface area contributed by atoms with Gasteiger partial charge in [-0.05, 0) is 58.3 Å². The number of nitrogens with one attached hydrogen (secondary N) is 1. The molecule has 2 unspecified atom stereocenters. The fourth-order valence-corrected chi connectivity index (χ4v) is 3.71. The number of fused-ring (bicyclic) bond motifs is 1. The lowest BCUT2D eigenvalue weighted by atomic mass is 10.0. The molecule has 0 amide bonds. The van der Waals surface area contributed by atoms with Crippen LogP contribution in [-0.4, -0.2) is 61.2 Å². The molecule has 0 aliphatic carbocycles. The Labute approximate surface area is 99.2 Å². The lowest BCUT2D eigenvalue weighted by Gasteiger charge is -2.35. The summed E-state index contributed by atoms with van der Waals surface area (Å²) in [6.07, 6.45) is 7.04. The van der Waals surface area contributed by atoms with Crippen molar-refractivity contribution in [3.05, 3.63) is 0 Å². The van der Waals surface area contributed by atoms with Crippen LogP contribution in [-0.2, 0) is 0 Å². The lowest BCUT2D eigenvalue weighted by molar-refractivity contribution is 0.150. The van der Waals surface area contributed by atoms with Crippen LogP contribution >= 0.6 is 0 Å². The maximum absolute atomic E-state index is 3.56. The number of hydrogen-bond acceptors (Lipinski definition) is 3. The van der Waals surface area contributed by atoms with E-state index in [0.29, 0.717) is 0 Å². The second-order valence-corrected chi connectivity index (χ2v) is 5.68. The zero-order chi connectivity index (χ0) is 10.8. The average Bonchev–Trinajstić information content (AvgIpc) is 2.68. The molecule has 3 saturated heterocycles. The third kappa shape index (κ3) is 2.27. The Balaban J connectivity index is 1.61. The molecule has 2 atom stereocenters. The van der Waals surface area contributed by atoms with Crippen LogP contribution in [0, 0.1) is 0 Å². The molecule has 0 aromatic rings. The van der Waals surface area contributed by atoms with E-state index in [2.05, 4.69) is 15.1 Å². The zero-order valence-corrected chi connectivity index (χ0v) is 10.3. The van der Waals surface area contributed by atoms with E-state index in [0.717, 1.165) is 12.1 Å². The molecule has 0 spiro atoms. The highest BCUT2D eigenvalue weighted by molar-refractivity contribution is 4.88. The van der Waals surface area contributed by atoms with E-state index < -0.39 is 0 Å². The van der Waals surface area contributed by atoms with Gasteiger partial charge < -0.3 is 5.32 Å². The molecule has 0 saturated carbocycles. The van der Waals surface area contributed by atoms with Crippen molar-refractivity contribution in [2.24, 2.45) is 0 Å². The number of rotatable bonds is 1. The molecule has 3 aliphatic rings. The normalized spacial score (nSPS) is 38.2. The van der Waals surface area contributed by atoms with Gasteiger partial charge in [0.15, 0.2) is 0 Å². The summed E-state index contributed by atoms with van der Waals surface area (Å²) in [7, 11) is 0. The van der Waals surface area contributed by atoms with Crippen molar-refractivity contribution in [3.8, 4) is 0 Å². The molecule has 92 valence electrons. The second-order valence-electron chi connectivity index (χ2n) is 5.68. The highest BCUT2D eigenvalue weighted by Gasteiger charge is 2.31. The summed E-state index contributed by atoms with van der Waals surface area (Å²) in [5, 5.41) is 3.56. The first kappa shape index (κ1) is 11.0. The van der Waals surface area contributed by atoms with Crippen molar-refractivity contribution in [2.75, 3.05) is 39.3 Å². The van der Waals surface area contributed by atoms with Crippen LogP contribution in [0.5, 0.6) is 0 Å². The van der Waals surface area contributed by atoms with E-state index in [1.54, 1.807) is 0 Å². The molecule has 0 bridgehead atoms. The molecule has 3 aliphatic heterocycles. The van der Waals surface area contributed by atoms with Gasteiger partial charge in [0.25, 0.3) is 0 Å². The third-order valence-electron chi connectivity index (χ3n) is 4.62. The fraction of sp³-hybridized carbons (Fsp3) is 1.00. The van der Waals surface area contributed by atoms with E-state index in [9.17, 15) is 0 Å². The Morgan fingerprint density at radius 1 is 0.812 bits per heavy atom. The van der Waals surface area contributed by atoms with Crippen LogP contribution in [0.3, 0.4) is 0 Å². The molecular formula is C13H25N3. The maximum atomic E-state index is 3.56. The Hall–Kier alpha value is -0.120. The van der Waals surface area contributed by atoms with E-state index in [4.69, 9.17) is 0 Å². The standard InChI is InChI=1S/C13H25N3/c1-4-12(10-14-6-1)16-9-3-8-15-7-2-5-13(15)11-16/h12-14H,1-11H2. The highest BCUT2D eigenvalue weighted by Crippen LogP contribution is 2.23. The smallest absolute Gasteiger partial charge is 0.0223 e. The fourth-order valence-electron chi connectivity index (χ4n) is 3.71. The van der Waals surface area contributed by atoms with Gasteiger partial charge in [0, 0.05) is 25.2 Å². The van der Waals surface area contributed by atoms with E-state index in [1.807, 2.05) is 0 Å². The minimum atomic E-state index is 0.828. The molecule has 3 heteroatoms. The van der Waals surface area contributed by atoms with Crippen LogP contribution < -0.4 is 5.32 Å². The first-order valence-electron chi connectivity index (χ1n) is 7.12. The summed E-state index contributed by atoms with van der Waals surface area (Å²) < 4.78 is 0. The highest BCUT2D eigenvalue weighted by atomic mass is 15.3. The van der Waals surface area contributed by atoms with Gasteiger partial charge in [0.2, 0.25) is 0 Å². The Morgan fingerprint density at radius 2 is 1.62 bits per heavy atom. The first-order valence-corrected chi connectivity index (χ1v) is 7.12. The predicted octanol–water partition coefficient (Wildman–Crippen LogP) is 0.909. The van der Waals surface area contributed by atoms with Gasteiger partial charge in [-0.1, -0.05) is 0 Å². The summed E-state index contributed by atoms with van der Waals surface area (Å²) in [5.74, 6) is 0. The monoisotopic (exact) mass is 223 g/mol. The van der Waals surface area contributed by atoms with Crippen LogP contribution in [0.25, 0.3) is 0 Å². The molecule has 3 rings (SSSR count). The van der Waals surface area contributed by atoms with Gasteiger partial charge >= 0.3 is 0 Å². The van der Waals surface area contributed by atoms with Crippen molar-refractivity contribution in [1.82, 2.24) is 15.1 Å². The van der Waals surface area contributed by atoms with Gasteiger partial charge in [-0.15, -0.1) is 0 Å². The summed E-state index contributed by atoms with van der Waals surface area (Å²) >= 11 is 0. The quantitative estimate of drug-likeness (QED) is 0.713. The molecule has 0 aromatic carbocycles. The van der Waals surface area contributed by atoms with Crippen molar-refractivity contribution in [2.45, 2.75) is 44.2 Å². The Kier molecular flexibility index (Phi) is 3.46. The van der Waals surface area contributed by atoms with Crippen LogP contribution in [0.1, 0.15) is 32.1 Å².